The predicted molar refractivity (Wildman–Crippen MR) is 72.8 cm³/mol. The van der Waals surface area contributed by atoms with Gasteiger partial charge in [-0.25, -0.2) is 0 Å². The van der Waals surface area contributed by atoms with Gasteiger partial charge in [-0.05, 0) is 25.7 Å². The van der Waals surface area contributed by atoms with Crippen molar-refractivity contribution in [2.75, 3.05) is 26.2 Å². The third-order valence-corrected chi connectivity index (χ3v) is 3.39. The van der Waals surface area contributed by atoms with E-state index in [0.717, 1.165) is 38.8 Å². The number of unbranched alkanes of at least 4 members (excludes halogenated alkanes) is 2. The van der Waals surface area contributed by atoms with E-state index in [4.69, 9.17) is 10.8 Å². The van der Waals surface area contributed by atoms with Crippen LogP contribution in [0, 0.1) is 0 Å². The van der Waals surface area contributed by atoms with E-state index in [9.17, 15) is 9.59 Å². The number of nitrogens with two attached hydrogens (primary N) is 1. The Labute approximate surface area is 114 Å². The van der Waals surface area contributed by atoms with Crippen LogP contribution in [0.2, 0.25) is 0 Å². The summed E-state index contributed by atoms with van der Waals surface area (Å²) in [6.45, 7) is 2.87. The van der Waals surface area contributed by atoms with E-state index in [1.807, 2.05) is 0 Å². The van der Waals surface area contributed by atoms with Crippen LogP contribution in [-0.2, 0) is 9.59 Å². The SMILES string of the molecule is NC1CCN(CC(=O)NCCCCCC(=O)O)CC1. The van der Waals surface area contributed by atoms with Crippen LogP contribution in [0.3, 0.4) is 0 Å². The molecule has 0 radical (unpaired) electrons. The third-order valence-electron chi connectivity index (χ3n) is 3.39. The topological polar surface area (TPSA) is 95.7 Å². The minimum atomic E-state index is -0.757. The summed E-state index contributed by atoms with van der Waals surface area (Å²) in [5.74, 6) is -0.707. The molecular formula is C13H25N3O3. The molecule has 0 saturated carbocycles. The molecule has 19 heavy (non-hydrogen) atoms. The number of hydrogen-bond donors (Lipinski definition) is 3. The molecule has 6 nitrogen and oxygen atoms in total. The van der Waals surface area contributed by atoms with E-state index in [-0.39, 0.29) is 18.4 Å². The van der Waals surface area contributed by atoms with Gasteiger partial charge in [0.25, 0.3) is 0 Å². The van der Waals surface area contributed by atoms with Gasteiger partial charge in [0.1, 0.15) is 0 Å². The second-order valence-corrected chi connectivity index (χ2v) is 5.17. The molecule has 0 atom stereocenters. The minimum absolute atomic E-state index is 0.0497. The average molecular weight is 271 g/mol. The van der Waals surface area contributed by atoms with Crippen molar-refractivity contribution in [2.45, 2.75) is 44.6 Å². The first-order chi connectivity index (χ1) is 9.08. The molecule has 0 aromatic carbocycles. The molecule has 1 rings (SSSR count). The second kappa shape index (κ2) is 8.87. The number of nitrogens with zero attached hydrogens (tertiary/aromatic N) is 1. The molecule has 0 spiro atoms. The molecule has 0 aromatic heterocycles. The highest BCUT2D eigenvalue weighted by Crippen LogP contribution is 2.07. The maximum atomic E-state index is 11.7. The lowest BCUT2D eigenvalue weighted by atomic mass is 10.1. The molecule has 0 aromatic rings. The number of nitrogens with one attached hydrogen (secondary N) is 1. The van der Waals surface area contributed by atoms with Crippen molar-refractivity contribution >= 4 is 11.9 Å². The number of carbonyl (C=O) groups excluding carboxylic acids is 1. The number of hydrogen-bond acceptors (Lipinski definition) is 4. The van der Waals surface area contributed by atoms with E-state index in [0.29, 0.717) is 19.5 Å². The Morgan fingerprint density at radius 2 is 1.89 bits per heavy atom. The summed E-state index contributed by atoms with van der Waals surface area (Å²) in [6, 6.07) is 0.286. The summed E-state index contributed by atoms with van der Waals surface area (Å²) < 4.78 is 0. The van der Waals surface area contributed by atoms with E-state index in [2.05, 4.69) is 10.2 Å². The fourth-order valence-corrected chi connectivity index (χ4v) is 2.18. The number of piperidine rings is 1. The normalized spacial score (nSPS) is 17.3. The van der Waals surface area contributed by atoms with E-state index in [1.165, 1.54) is 0 Å². The van der Waals surface area contributed by atoms with Crippen LogP contribution in [0.15, 0.2) is 0 Å². The van der Waals surface area contributed by atoms with Crippen molar-refractivity contribution in [1.29, 1.82) is 0 Å². The van der Waals surface area contributed by atoms with Crippen molar-refractivity contribution in [2.24, 2.45) is 5.73 Å². The average Bonchev–Trinajstić information content (AvgIpc) is 2.36. The van der Waals surface area contributed by atoms with Gasteiger partial charge in [-0.15, -0.1) is 0 Å². The van der Waals surface area contributed by atoms with Crippen molar-refractivity contribution in [3.05, 3.63) is 0 Å². The molecular weight excluding hydrogens is 246 g/mol. The lowest BCUT2D eigenvalue weighted by Gasteiger charge is -2.29. The van der Waals surface area contributed by atoms with Gasteiger partial charge >= 0.3 is 5.97 Å². The fourth-order valence-electron chi connectivity index (χ4n) is 2.18. The first-order valence-corrected chi connectivity index (χ1v) is 7.04. The highest BCUT2D eigenvalue weighted by molar-refractivity contribution is 5.77. The summed E-state index contributed by atoms with van der Waals surface area (Å²) >= 11 is 0. The largest absolute Gasteiger partial charge is 0.481 e. The Hall–Kier alpha value is -1.14. The van der Waals surface area contributed by atoms with Crippen LogP contribution in [0.5, 0.6) is 0 Å². The Kier molecular flexibility index (Phi) is 7.43. The van der Waals surface area contributed by atoms with Gasteiger partial charge in [-0.3, -0.25) is 14.5 Å². The molecule has 0 bridgehead atoms. The van der Waals surface area contributed by atoms with Gasteiger partial charge in [-0.2, -0.15) is 0 Å². The number of carboxylic acid groups (broad SMARTS) is 1. The first-order valence-electron chi connectivity index (χ1n) is 7.04. The number of likely N-dealkylation sites (tertiary alicyclic amines) is 1. The summed E-state index contributed by atoms with van der Waals surface area (Å²) in [5, 5.41) is 11.3. The molecule has 0 aliphatic carbocycles. The summed E-state index contributed by atoms with van der Waals surface area (Å²) in [6.07, 6.45) is 4.48. The van der Waals surface area contributed by atoms with Gasteiger partial charge < -0.3 is 16.2 Å². The Morgan fingerprint density at radius 1 is 1.21 bits per heavy atom. The van der Waals surface area contributed by atoms with Gasteiger partial charge in [0.15, 0.2) is 0 Å². The monoisotopic (exact) mass is 271 g/mol. The summed E-state index contributed by atoms with van der Waals surface area (Å²) in [4.78, 5) is 24.1. The van der Waals surface area contributed by atoms with Gasteiger partial charge in [0.05, 0.1) is 6.54 Å². The van der Waals surface area contributed by atoms with Crippen LogP contribution in [0.1, 0.15) is 38.5 Å². The van der Waals surface area contributed by atoms with Crippen molar-refractivity contribution < 1.29 is 14.7 Å². The van der Waals surface area contributed by atoms with Crippen LogP contribution < -0.4 is 11.1 Å². The number of aliphatic carboxylic acids is 1. The Morgan fingerprint density at radius 3 is 2.53 bits per heavy atom. The standard InChI is InChI=1S/C13H25N3O3/c14-11-5-8-16(9-6-11)10-12(17)15-7-3-1-2-4-13(18)19/h11H,1-10,14H2,(H,15,17)(H,18,19). The zero-order chi connectivity index (χ0) is 14.1. The van der Waals surface area contributed by atoms with Gasteiger partial charge in [0, 0.05) is 32.1 Å². The highest BCUT2D eigenvalue weighted by Gasteiger charge is 2.17. The lowest BCUT2D eigenvalue weighted by Crippen LogP contribution is -2.44. The molecule has 1 aliphatic rings. The third kappa shape index (κ3) is 7.79. The summed E-state index contributed by atoms with van der Waals surface area (Å²) in [5.41, 5.74) is 5.81. The smallest absolute Gasteiger partial charge is 0.303 e. The first kappa shape index (κ1) is 15.9. The maximum Gasteiger partial charge on any atom is 0.303 e. The molecule has 1 amide bonds. The Balaban J connectivity index is 1.97. The number of rotatable bonds is 8. The van der Waals surface area contributed by atoms with Gasteiger partial charge in [0.2, 0.25) is 5.91 Å². The van der Waals surface area contributed by atoms with E-state index in [1.54, 1.807) is 0 Å². The number of carbonyl (C=O) groups is 2. The molecule has 6 heteroatoms. The minimum Gasteiger partial charge on any atom is -0.481 e. The molecule has 110 valence electrons. The van der Waals surface area contributed by atoms with Crippen LogP contribution in [0.4, 0.5) is 0 Å². The van der Waals surface area contributed by atoms with Gasteiger partial charge in [-0.1, -0.05) is 6.42 Å². The van der Waals surface area contributed by atoms with Crippen LogP contribution in [-0.4, -0.2) is 54.1 Å². The molecule has 4 N–H and O–H groups in total. The van der Waals surface area contributed by atoms with Crippen molar-refractivity contribution in [3.8, 4) is 0 Å². The Bertz CT molecular complexity index is 289. The van der Waals surface area contributed by atoms with Crippen molar-refractivity contribution in [3.63, 3.8) is 0 Å². The number of amides is 1. The molecule has 1 aliphatic heterocycles. The predicted octanol–water partition coefficient (Wildman–Crippen LogP) is 0.171. The van der Waals surface area contributed by atoms with Crippen LogP contribution >= 0.6 is 0 Å². The zero-order valence-corrected chi connectivity index (χ0v) is 11.4. The zero-order valence-electron chi connectivity index (χ0n) is 11.4. The molecule has 1 saturated heterocycles. The fraction of sp³-hybridized carbons (Fsp3) is 0.846. The second-order valence-electron chi connectivity index (χ2n) is 5.17. The molecule has 0 unspecified atom stereocenters. The maximum absolute atomic E-state index is 11.7. The van der Waals surface area contributed by atoms with E-state index >= 15 is 0 Å². The highest BCUT2D eigenvalue weighted by atomic mass is 16.4. The van der Waals surface area contributed by atoms with Crippen LogP contribution in [0.25, 0.3) is 0 Å². The lowest BCUT2D eigenvalue weighted by molar-refractivity contribution is -0.137. The number of carboxylic acids is 1. The van der Waals surface area contributed by atoms with Crippen molar-refractivity contribution in [1.82, 2.24) is 10.2 Å². The summed E-state index contributed by atoms with van der Waals surface area (Å²) in [7, 11) is 0. The molecule has 1 fully saturated rings. The molecule has 1 heterocycles. The van der Waals surface area contributed by atoms with E-state index < -0.39 is 5.97 Å². The quantitative estimate of drug-likeness (QED) is 0.547.